The molecule has 0 aliphatic rings. The highest BCUT2D eigenvalue weighted by atomic mass is 19.4. The molecule has 0 spiro atoms. The molecule has 0 unspecified atom stereocenters. The van der Waals surface area contributed by atoms with Gasteiger partial charge < -0.3 is 14.2 Å². The number of rotatable bonds is 5. The van der Waals surface area contributed by atoms with Crippen molar-refractivity contribution in [3.05, 3.63) is 17.3 Å². The summed E-state index contributed by atoms with van der Waals surface area (Å²) in [6.45, 7) is 1.24. The minimum absolute atomic E-state index is 0.155. The first-order valence-corrected chi connectivity index (χ1v) is 6.04. The minimum Gasteiger partial charge on any atom is -0.478 e. The summed E-state index contributed by atoms with van der Waals surface area (Å²) in [6, 6.07) is 0. The van der Waals surface area contributed by atoms with Gasteiger partial charge in [0.1, 0.15) is 0 Å². The van der Waals surface area contributed by atoms with Crippen LogP contribution in [0.2, 0.25) is 0 Å². The molecule has 0 atom stereocenters. The van der Waals surface area contributed by atoms with E-state index in [0.29, 0.717) is 0 Å². The summed E-state index contributed by atoms with van der Waals surface area (Å²) in [4.78, 5) is 14.6. The maximum Gasteiger partial charge on any atom is 0.573 e. The Labute approximate surface area is 126 Å². The molecular weight excluding hydrogens is 336 g/mol. The number of nitrogens with zero attached hydrogens (tertiary/aromatic N) is 1. The molecule has 0 saturated carbocycles. The van der Waals surface area contributed by atoms with E-state index in [0.717, 1.165) is 7.11 Å². The van der Waals surface area contributed by atoms with E-state index in [-0.39, 0.29) is 12.8 Å². The zero-order valence-corrected chi connectivity index (χ0v) is 11.8. The van der Waals surface area contributed by atoms with Crippen LogP contribution in [0.25, 0.3) is 0 Å². The Morgan fingerprint density at radius 1 is 1.22 bits per heavy atom. The van der Waals surface area contributed by atoms with Gasteiger partial charge in [-0.25, -0.2) is 4.98 Å². The molecule has 1 aromatic rings. The molecule has 0 radical (unpaired) electrons. The first-order chi connectivity index (χ1) is 10.5. The molecular formula is C12H11F6NO4. The fourth-order valence-electron chi connectivity index (χ4n) is 1.65. The van der Waals surface area contributed by atoms with Crippen molar-refractivity contribution < 1.29 is 45.3 Å². The lowest BCUT2D eigenvalue weighted by atomic mass is 10.1. The van der Waals surface area contributed by atoms with E-state index in [2.05, 4.69) is 19.2 Å². The van der Waals surface area contributed by atoms with E-state index in [1.807, 2.05) is 0 Å². The smallest absolute Gasteiger partial charge is 0.478 e. The van der Waals surface area contributed by atoms with Crippen LogP contribution in [-0.2, 0) is 22.1 Å². The molecule has 11 heteroatoms. The first kappa shape index (κ1) is 18.8. The highest BCUT2D eigenvalue weighted by Crippen LogP contribution is 2.41. The van der Waals surface area contributed by atoms with Crippen molar-refractivity contribution in [1.82, 2.24) is 4.98 Å². The SMILES string of the molecule is CCOC(=O)Cc1c(C(F)(F)F)cnc(OC)c1OC(F)(F)F. The van der Waals surface area contributed by atoms with Gasteiger partial charge in [-0.05, 0) is 6.92 Å². The fourth-order valence-corrected chi connectivity index (χ4v) is 1.65. The van der Waals surface area contributed by atoms with Crippen molar-refractivity contribution in [2.24, 2.45) is 0 Å². The van der Waals surface area contributed by atoms with Crippen LogP contribution in [0, 0.1) is 0 Å². The number of carbonyl (C=O) groups is 1. The molecule has 1 aromatic heterocycles. The third-order valence-corrected chi connectivity index (χ3v) is 2.45. The van der Waals surface area contributed by atoms with Crippen LogP contribution in [0.1, 0.15) is 18.1 Å². The normalized spacial score (nSPS) is 12.0. The second-order valence-electron chi connectivity index (χ2n) is 4.02. The van der Waals surface area contributed by atoms with Gasteiger partial charge in [-0.15, -0.1) is 13.2 Å². The monoisotopic (exact) mass is 347 g/mol. The molecule has 130 valence electrons. The number of carbonyl (C=O) groups excluding carboxylic acids is 1. The molecule has 5 nitrogen and oxygen atoms in total. The molecule has 1 heterocycles. The molecule has 0 bridgehead atoms. The van der Waals surface area contributed by atoms with Crippen molar-refractivity contribution >= 4 is 5.97 Å². The Balaban J connectivity index is 3.50. The summed E-state index contributed by atoms with van der Waals surface area (Å²) in [6.07, 6.45) is -11.2. The van der Waals surface area contributed by atoms with E-state index in [1.165, 1.54) is 6.92 Å². The predicted molar refractivity (Wildman–Crippen MR) is 62.8 cm³/mol. The van der Waals surface area contributed by atoms with Gasteiger partial charge >= 0.3 is 18.5 Å². The summed E-state index contributed by atoms with van der Waals surface area (Å²) >= 11 is 0. The maximum atomic E-state index is 13.0. The summed E-state index contributed by atoms with van der Waals surface area (Å²) in [5, 5.41) is 0. The van der Waals surface area contributed by atoms with Gasteiger partial charge in [-0.3, -0.25) is 4.79 Å². The molecule has 0 fully saturated rings. The average molecular weight is 347 g/mol. The number of halogens is 6. The van der Waals surface area contributed by atoms with Gasteiger partial charge in [-0.2, -0.15) is 13.2 Å². The summed E-state index contributed by atoms with van der Waals surface area (Å²) in [5.74, 6) is -3.32. The van der Waals surface area contributed by atoms with Gasteiger partial charge in [0.25, 0.3) is 5.88 Å². The number of aromatic nitrogens is 1. The lowest BCUT2D eigenvalue weighted by molar-refractivity contribution is -0.275. The van der Waals surface area contributed by atoms with Crippen molar-refractivity contribution in [2.45, 2.75) is 25.9 Å². The van der Waals surface area contributed by atoms with Crippen molar-refractivity contribution in [1.29, 1.82) is 0 Å². The number of hydrogen-bond acceptors (Lipinski definition) is 5. The molecule has 0 saturated heterocycles. The Morgan fingerprint density at radius 3 is 2.26 bits per heavy atom. The molecule has 1 rings (SSSR count). The van der Waals surface area contributed by atoms with Gasteiger partial charge in [0, 0.05) is 11.8 Å². The minimum atomic E-state index is -5.30. The van der Waals surface area contributed by atoms with Crippen LogP contribution in [0.5, 0.6) is 11.6 Å². The van der Waals surface area contributed by atoms with E-state index in [4.69, 9.17) is 0 Å². The highest BCUT2D eigenvalue weighted by molar-refractivity contribution is 5.75. The van der Waals surface area contributed by atoms with Crippen LogP contribution < -0.4 is 9.47 Å². The van der Waals surface area contributed by atoms with Crippen LogP contribution >= 0.6 is 0 Å². The molecule has 0 amide bonds. The number of hydrogen-bond donors (Lipinski definition) is 0. The van der Waals surface area contributed by atoms with Crippen LogP contribution in [-0.4, -0.2) is 31.0 Å². The van der Waals surface area contributed by atoms with Crippen molar-refractivity contribution in [3.63, 3.8) is 0 Å². The molecule has 0 aliphatic heterocycles. The Morgan fingerprint density at radius 2 is 1.83 bits per heavy atom. The highest BCUT2D eigenvalue weighted by Gasteiger charge is 2.41. The predicted octanol–water partition coefficient (Wildman–Crippen LogP) is 3.11. The zero-order chi connectivity index (χ0) is 17.8. The van der Waals surface area contributed by atoms with Gasteiger partial charge in [0.2, 0.25) is 0 Å². The number of ether oxygens (including phenoxy) is 3. The number of methoxy groups -OCH3 is 1. The summed E-state index contributed by atoms with van der Waals surface area (Å²) in [7, 11) is 0.896. The van der Waals surface area contributed by atoms with E-state index in [9.17, 15) is 31.1 Å². The third kappa shape index (κ3) is 5.18. The quantitative estimate of drug-likeness (QED) is 0.605. The van der Waals surface area contributed by atoms with Crippen LogP contribution in [0.15, 0.2) is 6.20 Å². The topological polar surface area (TPSA) is 57.7 Å². The Bertz CT molecular complexity index is 570. The Hall–Kier alpha value is -2.20. The molecule has 0 aliphatic carbocycles. The van der Waals surface area contributed by atoms with Crippen LogP contribution in [0.3, 0.4) is 0 Å². The van der Waals surface area contributed by atoms with Crippen molar-refractivity contribution in [3.8, 4) is 11.6 Å². The number of esters is 1. The third-order valence-electron chi connectivity index (χ3n) is 2.45. The molecule has 0 aromatic carbocycles. The summed E-state index contributed by atoms with van der Waals surface area (Å²) in [5.41, 5.74) is -2.62. The largest absolute Gasteiger partial charge is 0.573 e. The lowest BCUT2D eigenvalue weighted by Gasteiger charge is -2.19. The van der Waals surface area contributed by atoms with Crippen molar-refractivity contribution in [2.75, 3.05) is 13.7 Å². The molecule has 0 N–H and O–H groups in total. The van der Waals surface area contributed by atoms with Gasteiger partial charge in [-0.1, -0.05) is 0 Å². The van der Waals surface area contributed by atoms with E-state index >= 15 is 0 Å². The van der Waals surface area contributed by atoms with Crippen LogP contribution in [0.4, 0.5) is 26.3 Å². The zero-order valence-electron chi connectivity index (χ0n) is 11.8. The van der Waals surface area contributed by atoms with E-state index < -0.39 is 47.7 Å². The number of pyridine rings is 1. The van der Waals surface area contributed by atoms with Gasteiger partial charge in [0.15, 0.2) is 5.75 Å². The summed E-state index contributed by atoms with van der Waals surface area (Å²) < 4.78 is 88.8. The average Bonchev–Trinajstić information content (AvgIpc) is 2.37. The fraction of sp³-hybridized carbons (Fsp3) is 0.500. The first-order valence-electron chi connectivity index (χ1n) is 6.04. The molecule has 23 heavy (non-hydrogen) atoms. The van der Waals surface area contributed by atoms with E-state index in [1.54, 1.807) is 0 Å². The van der Waals surface area contributed by atoms with Gasteiger partial charge in [0.05, 0.1) is 25.7 Å². The number of alkyl halides is 6. The lowest BCUT2D eigenvalue weighted by Crippen LogP contribution is -2.22. The standard InChI is InChI=1S/C12H11F6NO4/c1-3-22-8(20)4-6-7(11(13,14)15)5-19-10(21-2)9(6)23-12(16,17)18/h5H,3-4H2,1-2H3. The second-order valence-corrected chi connectivity index (χ2v) is 4.02. The Kier molecular flexibility index (Phi) is 5.67. The maximum absolute atomic E-state index is 13.0. The second kappa shape index (κ2) is 6.92.